The third-order valence-electron chi connectivity index (χ3n) is 4.81. The molecule has 4 aromatic rings. The fourth-order valence-electron chi connectivity index (χ4n) is 3.31. The number of benzene rings is 2. The number of H-pyrrole nitrogens is 1. The second-order valence-electron chi connectivity index (χ2n) is 6.73. The highest BCUT2D eigenvalue weighted by molar-refractivity contribution is 5.96. The number of halogens is 1. The summed E-state index contributed by atoms with van der Waals surface area (Å²) in [5.74, 6) is -1.61. The molecule has 0 aliphatic heterocycles. The number of nitrogens with one attached hydrogen (secondary N) is 2. The molecule has 2 aromatic heterocycles. The number of ether oxygens (including phenoxy) is 1. The minimum atomic E-state index is -0.758. The second-order valence-corrected chi connectivity index (χ2v) is 6.73. The first-order valence-corrected chi connectivity index (χ1v) is 9.20. The molecule has 29 heavy (non-hydrogen) atoms. The minimum absolute atomic E-state index is 0.0304. The Balaban J connectivity index is 1.30. The Hall–Kier alpha value is -3.61. The number of fused-ring (bicyclic) bond motifs is 2. The number of amides is 1. The summed E-state index contributed by atoms with van der Waals surface area (Å²) < 4.78 is 23.9. The SMILES string of the molecule is Cc1c(C(=O)OCC(=O)NCCc2c[nH]c3ccccc23)oc2ccc(F)cc12. The fraction of sp³-hybridized carbons (Fsp3) is 0.182. The van der Waals surface area contributed by atoms with Gasteiger partial charge in [0.2, 0.25) is 5.76 Å². The number of carbonyl (C=O) groups is 2. The minimum Gasteiger partial charge on any atom is -0.450 e. The molecule has 0 atom stereocenters. The topological polar surface area (TPSA) is 84.3 Å². The van der Waals surface area contributed by atoms with Crippen LogP contribution in [0.3, 0.4) is 0 Å². The predicted octanol–water partition coefficient (Wildman–Crippen LogP) is 3.88. The molecule has 2 heterocycles. The number of aryl methyl sites for hydroxylation is 1. The molecule has 4 rings (SSSR count). The molecule has 0 aliphatic carbocycles. The van der Waals surface area contributed by atoms with Crippen molar-refractivity contribution in [1.29, 1.82) is 0 Å². The van der Waals surface area contributed by atoms with Crippen molar-refractivity contribution in [2.24, 2.45) is 0 Å². The molecule has 2 aromatic carbocycles. The second kappa shape index (κ2) is 7.79. The molecule has 2 N–H and O–H groups in total. The van der Waals surface area contributed by atoms with Gasteiger partial charge in [-0.15, -0.1) is 0 Å². The number of hydrogen-bond acceptors (Lipinski definition) is 4. The van der Waals surface area contributed by atoms with Crippen molar-refractivity contribution in [2.75, 3.05) is 13.2 Å². The summed E-state index contributed by atoms with van der Waals surface area (Å²) >= 11 is 0. The summed E-state index contributed by atoms with van der Waals surface area (Å²) in [6.45, 7) is 1.64. The van der Waals surface area contributed by atoms with Crippen LogP contribution in [0.15, 0.2) is 53.1 Å². The van der Waals surface area contributed by atoms with Gasteiger partial charge in [0, 0.05) is 34.6 Å². The zero-order valence-corrected chi connectivity index (χ0v) is 15.8. The van der Waals surface area contributed by atoms with Gasteiger partial charge in [-0.05, 0) is 43.2 Å². The predicted molar refractivity (Wildman–Crippen MR) is 106 cm³/mol. The summed E-state index contributed by atoms with van der Waals surface area (Å²) in [6, 6.07) is 11.9. The first-order chi connectivity index (χ1) is 14.0. The van der Waals surface area contributed by atoms with Crippen molar-refractivity contribution in [1.82, 2.24) is 10.3 Å². The van der Waals surface area contributed by atoms with E-state index in [1.54, 1.807) is 6.92 Å². The summed E-state index contributed by atoms with van der Waals surface area (Å²) in [5, 5.41) is 4.35. The summed E-state index contributed by atoms with van der Waals surface area (Å²) in [7, 11) is 0. The van der Waals surface area contributed by atoms with Crippen LogP contribution in [-0.2, 0) is 16.0 Å². The van der Waals surface area contributed by atoms with E-state index in [0.29, 0.717) is 29.5 Å². The number of furan rings is 1. The van der Waals surface area contributed by atoms with Gasteiger partial charge in [-0.2, -0.15) is 0 Å². The van der Waals surface area contributed by atoms with E-state index in [0.717, 1.165) is 16.5 Å². The number of rotatable bonds is 6. The Morgan fingerprint density at radius 3 is 2.86 bits per heavy atom. The Labute approximate surface area is 165 Å². The maximum atomic E-state index is 13.4. The third kappa shape index (κ3) is 3.85. The highest BCUT2D eigenvalue weighted by Gasteiger charge is 2.20. The van der Waals surface area contributed by atoms with E-state index in [1.165, 1.54) is 18.2 Å². The molecule has 0 bridgehead atoms. The van der Waals surface area contributed by atoms with Crippen LogP contribution >= 0.6 is 0 Å². The summed E-state index contributed by atoms with van der Waals surface area (Å²) in [6.07, 6.45) is 2.57. The average Bonchev–Trinajstić information content (AvgIpc) is 3.28. The van der Waals surface area contributed by atoms with Crippen LogP contribution < -0.4 is 5.32 Å². The molecular weight excluding hydrogens is 375 g/mol. The van der Waals surface area contributed by atoms with E-state index in [9.17, 15) is 14.0 Å². The van der Waals surface area contributed by atoms with Crippen molar-refractivity contribution in [3.05, 3.63) is 71.4 Å². The van der Waals surface area contributed by atoms with Gasteiger partial charge in [0.25, 0.3) is 5.91 Å². The molecule has 1 amide bonds. The number of carbonyl (C=O) groups excluding carboxylic acids is 2. The smallest absolute Gasteiger partial charge is 0.375 e. The molecule has 0 radical (unpaired) electrons. The zero-order valence-electron chi connectivity index (χ0n) is 15.8. The maximum absolute atomic E-state index is 13.4. The van der Waals surface area contributed by atoms with E-state index in [2.05, 4.69) is 10.3 Å². The number of para-hydroxylation sites is 1. The van der Waals surface area contributed by atoms with Gasteiger partial charge >= 0.3 is 5.97 Å². The molecule has 0 aliphatic rings. The van der Waals surface area contributed by atoms with Crippen LogP contribution in [0.5, 0.6) is 0 Å². The molecular formula is C22H19FN2O4. The first-order valence-electron chi connectivity index (χ1n) is 9.20. The molecule has 6 nitrogen and oxygen atoms in total. The molecule has 0 unspecified atom stereocenters. The molecule has 7 heteroatoms. The maximum Gasteiger partial charge on any atom is 0.375 e. The Bertz CT molecular complexity index is 1210. The van der Waals surface area contributed by atoms with Gasteiger partial charge in [0.15, 0.2) is 6.61 Å². The molecule has 0 saturated heterocycles. The van der Waals surface area contributed by atoms with Gasteiger partial charge in [0.1, 0.15) is 11.4 Å². The van der Waals surface area contributed by atoms with E-state index >= 15 is 0 Å². The van der Waals surface area contributed by atoms with Gasteiger partial charge < -0.3 is 19.5 Å². The van der Waals surface area contributed by atoms with Crippen molar-refractivity contribution in [3.63, 3.8) is 0 Å². The van der Waals surface area contributed by atoms with Crippen molar-refractivity contribution >= 4 is 33.7 Å². The van der Waals surface area contributed by atoms with Crippen LogP contribution in [0.1, 0.15) is 21.7 Å². The lowest BCUT2D eigenvalue weighted by Crippen LogP contribution is -2.30. The monoisotopic (exact) mass is 394 g/mol. The lowest BCUT2D eigenvalue weighted by molar-refractivity contribution is -0.124. The molecule has 0 saturated carbocycles. The number of aromatic amines is 1. The van der Waals surface area contributed by atoms with Gasteiger partial charge in [-0.1, -0.05) is 18.2 Å². The van der Waals surface area contributed by atoms with E-state index < -0.39 is 24.3 Å². The number of hydrogen-bond donors (Lipinski definition) is 2. The lowest BCUT2D eigenvalue weighted by Gasteiger charge is -2.06. The molecule has 0 spiro atoms. The van der Waals surface area contributed by atoms with Crippen molar-refractivity contribution in [2.45, 2.75) is 13.3 Å². The highest BCUT2D eigenvalue weighted by Crippen LogP contribution is 2.26. The molecule has 148 valence electrons. The van der Waals surface area contributed by atoms with Crippen LogP contribution in [0, 0.1) is 12.7 Å². The highest BCUT2D eigenvalue weighted by atomic mass is 19.1. The quantitative estimate of drug-likeness (QED) is 0.486. The van der Waals surface area contributed by atoms with Gasteiger partial charge in [0.05, 0.1) is 0 Å². The standard InChI is InChI=1S/C22H19FN2O4/c1-13-17-10-15(23)6-7-19(17)29-21(13)22(27)28-12-20(26)24-9-8-14-11-25-18-5-3-2-4-16(14)18/h2-7,10-11,25H,8-9,12H2,1H3,(H,24,26). The van der Waals surface area contributed by atoms with E-state index in [1.807, 2.05) is 30.5 Å². The van der Waals surface area contributed by atoms with Crippen LogP contribution in [-0.4, -0.2) is 30.0 Å². The number of aromatic nitrogens is 1. The van der Waals surface area contributed by atoms with Crippen molar-refractivity contribution < 1.29 is 23.1 Å². The van der Waals surface area contributed by atoms with Crippen molar-refractivity contribution in [3.8, 4) is 0 Å². The lowest BCUT2D eigenvalue weighted by atomic mass is 10.1. The van der Waals surface area contributed by atoms with Crippen LogP contribution in [0.4, 0.5) is 4.39 Å². The van der Waals surface area contributed by atoms with Crippen LogP contribution in [0.2, 0.25) is 0 Å². The van der Waals surface area contributed by atoms with Crippen LogP contribution in [0.25, 0.3) is 21.9 Å². The Morgan fingerprint density at radius 1 is 1.17 bits per heavy atom. The Morgan fingerprint density at radius 2 is 2.00 bits per heavy atom. The van der Waals surface area contributed by atoms with E-state index in [4.69, 9.17) is 9.15 Å². The fourth-order valence-corrected chi connectivity index (χ4v) is 3.31. The number of esters is 1. The first kappa shape index (κ1) is 18.7. The Kier molecular flexibility index (Phi) is 5.03. The molecule has 0 fully saturated rings. The largest absolute Gasteiger partial charge is 0.450 e. The van der Waals surface area contributed by atoms with Gasteiger partial charge in [-0.3, -0.25) is 4.79 Å². The summed E-state index contributed by atoms with van der Waals surface area (Å²) in [5.41, 5.74) is 3.01. The van der Waals surface area contributed by atoms with E-state index in [-0.39, 0.29) is 5.76 Å². The summed E-state index contributed by atoms with van der Waals surface area (Å²) in [4.78, 5) is 27.4. The zero-order chi connectivity index (χ0) is 20.4. The average molecular weight is 394 g/mol. The van der Waals surface area contributed by atoms with Gasteiger partial charge in [-0.25, -0.2) is 9.18 Å². The normalized spacial score (nSPS) is 11.1. The third-order valence-corrected chi connectivity index (χ3v) is 4.81.